The number of nitrogens with zero attached hydrogens (tertiary/aromatic N) is 1. The molecular formula is C24H24N2O5S. The van der Waals surface area contributed by atoms with Gasteiger partial charge < -0.3 is 14.4 Å². The first kappa shape index (κ1) is 21.7. The van der Waals surface area contributed by atoms with Crippen LogP contribution in [-0.2, 0) is 16.4 Å². The predicted octanol–water partition coefficient (Wildman–Crippen LogP) is 4.45. The van der Waals surface area contributed by atoms with E-state index in [2.05, 4.69) is 4.72 Å². The summed E-state index contributed by atoms with van der Waals surface area (Å²) < 4.78 is 39.0. The molecule has 0 aliphatic carbocycles. The summed E-state index contributed by atoms with van der Waals surface area (Å²) >= 11 is 0. The Morgan fingerprint density at radius 2 is 1.75 bits per heavy atom. The lowest BCUT2D eigenvalue weighted by Gasteiger charge is -2.20. The van der Waals surface area contributed by atoms with Gasteiger partial charge in [-0.3, -0.25) is 9.52 Å². The lowest BCUT2D eigenvalue weighted by atomic mass is 10.1. The highest BCUT2D eigenvalue weighted by Gasteiger charge is 2.27. The van der Waals surface area contributed by atoms with Crippen LogP contribution in [0.5, 0.6) is 17.2 Å². The number of ether oxygens (including phenoxy) is 2. The second-order valence-electron chi connectivity index (χ2n) is 7.35. The van der Waals surface area contributed by atoms with Crippen molar-refractivity contribution in [2.24, 2.45) is 0 Å². The summed E-state index contributed by atoms with van der Waals surface area (Å²) in [5, 5.41) is 0. The Balaban J connectivity index is 1.53. The van der Waals surface area contributed by atoms with E-state index in [9.17, 15) is 13.2 Å². The van der Waals surface area contributed by atoms with Crippen molar-refractivity contribution in [1.29, 1.82) is 0 Å². The quantitative estimate of drug-likeness (QED) is 0.572. The second kappa shape index (κ2) is 8.92. The number of nitrogens with one attached hydrogen (secondary N) is 1. The van der Waals surface area contributed by atoms with Crippen LogP contribution >= 0.6 is 0 Å². The molecule has 1 heterocycles. The summed E-state index contributed by atoms with van der Waals surface area (Å²) in [6.07, 6.45) is 0.352. The highest BCUT2D eigenvalue weighted by atomic mass is 32.2. The Morgan fingerprint density at radius 1 is 1.00 bits per heavy atom. The number of hydrogen-bond acceptors (Lipinski definition) is 5. The molecule has 0 spiro atoms. The van der Waals surface area contributed by atoms with E-state index in [0.717, 1.165) is 11.3 Å². The van der Waals surface area contributed by atoms with Crippen molar-refractivity contribution < 1.29 is 22.7 Å². The van der Waals surface area contributed by atoms with Crippen molar-refractivity contribution in [3.8, 4) is 17.2 Å². The number of aryl methyl sites for hydroxylation is 1. The molecule has 3 aromatic carbocycles. The smallest absolute Gasteiger partial charge is 0.262 e. The number of methoxy groups -OCH3 is 1. The molecule has 1 amide bonds. The van der Waals surface area contributed by atoms with Gasteiger partial charge in [-0.25, -0.2) is 8.42 Å². The fourth-order valence-electron chi connectivity index (χ4n) is 3.58. The van der Waals surface area contributed by atoms with E-state index in [1.807, 2.05) is 37.3 Å². The van der Waals surface area contributed by atoms with Gasteiger partial charge in [0, 0.05) is 12.2 Å². The van der Waals surface area contributed by atoms with Gasteiger partial charge in [0.1, 0.15) is 11.5 Å². The molecule has 0 atom stereocenters. The Bertz CT molecular complexity index is 1240. The molecule has 0 unspecified atom stereocenters. The zero-order valence-corrected chi connectivity index (χ0v) is 18.7. The van der Waals surface area contributed by atoms with Gasteiger partial charge in [0.05, 0.1) is 24.1 Å². The minimum absolute atomic E-state index is 0.0899. The standard InChI is InChI=1S/C24H24N2O5S/c1-3-26-21-6-4-5-7-23(21)31-22-13-10-18(16-20(22)24(26)27)25-32(28,29)15-14-17-8-11-19(30-2)12-9-17/h4-13,16,25H,3,14-15H2,1-2H3. The summed E-state index contributed by atoms with van der Waals surface area (Å²) in [7, 11) is -2.04. The summed E-state index contributed by atoms with van der Waals surface area (Å²) in [5.41, 5.74) is 2.19. The number of carbonyl (C=O) groups is 1. The number of benzene rings is 3. The molecule has 7 nitrogen and oxygen atoms in total. The van der Waals surface area contributed by atoms with Crippen molar-refractivity contribution in [1.82, 2.24) is 0 Å². The molecule has 1 N–H and O–H groups in total. The van der Waals surface area contributed by atoms with E-state index in [-0.39, 0.29) is 11.7 Å². The van der Waals surface area contributed by atoms with E-state index in [4.69, 9.17) is 9.47 Å². The van der Waals surface area contributed by atoms with E-state index in [1.54, 1.807) is 42.3 Å². The topological polar surface area (TPSA) is 84.9 Å². The van der Waals surface area contributed by atoms with Crippen LogP contribution in [0.2, 0.25) is 0 Å². The Morgan fingerprint density at radius 3 is 2.47 bits per heavy atom. The average Bonchev–Trinajstić information content (AvgIpc) is 2.91. The molecule has 0 bridgehead atoms. The maximum absolute atomic E-state index is 13.2. The molecule has 1 aliphatic rings. The minimum atomic E-state index is -3.62. The van der Waals surface area contributed by atoms with Crippen molar-refractivity contribution in [2.45, 2.75) is 13.3 Å². The first-order valence-electron chi connectivity index (χ1n) is 10.3. The summed E-state index contributed by atoms with van der Waals surface area (Å²) in [5.74, 6) is 1.35. The largest absolute Gasteiger partial charge is 0.497 e. The number of rotatable bonds is 7. The SMILES string of the molecule is CCN1C(=O)c2cc(NS(=O)(=O)CCc3ccc(OC)cc3)ccc2Oc2ccccc21. The number of anilines is 2. The van der Waals surface area contributed by atoms with Crippen molar-refractivity contribution in [3.63, 3.8) is 0 Å². The zero-order valence-electron chi connectivity index (χ0n) is 17.9. The van der Waals surface area contributed by atoms with Crippen LogP contribution in [-0.4, -0.2) is 33.7 Å². The maximum Gasteiger partial charge on any atom is 0.262 e. The van der Waals surface area contributed by atoms with E-state index in [0.29, 0.717) is 41.4 Å². The Hall–Kier alpha value is -3.52. The lowest BCUT2D eigenvalue weighted by Crippen LogP contribution is -2.29. The molecule has 32 heavy (non-hydrogen) atoms. The number of sulfonamides is 1. The number of carbonyl (C=O) groups excluding carboxylic acids is 1. The van der Waals surface area contributed by atoms with Crippen LogP contribution in [0.4, 0.5) is 11.4 Å². The number of amides is 1. The van der Waals surface area contributed by atoms with Gasteiger partial charge in [-0.1, -0.05) is 24.3 Å². The fraction of sp³-hybridized carbons (Fsp3) is 0.208. The molecule has 4 rings (SSSR count). The zero-order chi connectivity index (χ0) is 22.7. The first-order chi connectivity index (χ1) is 15.4. The highest BCUT2D eigenvalue weighted by Crippen LogP contribution is 2.39. The predicted molar refractivity (Wildman–Crippen MR) is 124 cm³/mol. The van der Waals surface area contributed by atoms with Crippen LogP contribution in [0.1, 0.15) is 22.8 Å². The number of fused-ring (bicyclic) bond motifs is 2. The lowest BCUT2D eigenvalue weighted by molar-refractivity contribution is 0.0988. The molecule has 3 aromatic rings. The van der Waals surface area contributed by atoms with Gasteiger partial charge in [0.25, 0.3) is 5.91 Å². The van der Waals surface area contributed by atoms with Gasteiger partial charge in [-0.05, 0) is 61.4 Å². The molecule has 0 aromatic heterocycles. The normalized spacial score (nSPS) is 12.9. The molecular weight excluding hydrogens is 428 g/mol. The van der Waals surface area contributed by atoms with Crippen LogP contribution in [0, 0.1) is 0 Å². The van der Waals surface area contributed by atoms with Crippen LogP contribution in [0.3, 0.4) is 0 Å². The first-order valence-corrected chi connectivity index (χ1v) is 11.9. The average molecular weight is 453 g/mol. The van der Waals surface area contributed by atoms with Gasteiger partial charge >= 0.3 is 0 Å². The third-order valence-electron chi connectivity index (χ3n) is 5.24. The number of hydrogen-bond donors (Lipinski definition) is 1. The third-order valence-corrected chi connectivity index (χ3v) is 6.53. The van der Waals surface area contributed by atoms with Crippen LogP contribution < -0.4 is 19.1 Å². The van der Waals surface area contributed by atoms with E-state index in [1.165, 1.54) is 6.07 Å². The molecule has 0 saturated carbocycles. The van der Waals surface area contributed by atoms with Crippen LogP contribution in [0.25, 0.3) is 0 Å². The molecule has 166 valence electrons. The van der Waals surface area contributed by atoms with Gasteiger partial charge in [0.2, 0.25) is 10.0 Å². The van der Waals surface area contributed by atoms with Gasteiger partial charge in [-0.2, -0.15) is 0 Å². The molecule has 1 aliphatic heterocycles. The van der Waals surface area contributed by atoms with Gasteiger partial charge in [0.15, 0.2) is 5.75 Å². The monoisotopic (exact) mass is 452 g/mol. The minimum Gasteiger partial charge on any atom is -0.497 e. The fourth-order valence-corrected chi connectivity index (χ4v) is 4.67. The maximum atomic E-state index is 13.2. The molecule has 8 heteroatoms. The molecule has 0 fully saturated rings. The summed E-state index contributed by atoms with van der Waals surface area (Å²) in [6.45, 7) is 2.34. The van der Waals surface area contributed by atoms with E-state index >= 15 is 0 Å². The number of para-hydroxylation sites is 2. The van der Waals surface area contributed by atoms with E-state index < -0.39 is 10.0 Å². The third kappa shape index (κ3) is 4.55. The van der Waals surface area contributed by atoms with Crippen molar-refractivity contribution in [3.05, 3.63) is 77.9 Å². The summed E-state index contributed by atoms with van der Waals surface area (Å²) in [4.78, 5) is 14.8. The van der Waals surface area contributed by atoms with Gasteiger partial charge in [-0.15, -0.1) is 0 Å². The van der Waals surface area contributed by atoms with Crippen molar-refractivity contribution in [2.75, 3.05) is 29.0 Å². The summed E-state index contributed by atoms with van der Waals surface area (Å²) in [6, 6.07) is 19.3. The molecule has 0 radical (unpaired) electrons. The molecule has 0 saturated heterocycles. The second-order valence-corrected chi connectivity index (χ2v) is 9.19. The van der Waals surface area contributed by atoms with Crippen LogP contribution in [0.15, 0.2) is 66.7 Å². The highest BCUT2D eigenvalue weighted by molar-refractivity contribution is 7.92. The Kier molecular flexibility index (Phi) is 6.05. The Labute approximate surface area is 187 Å². The van der Waals surface area contributed by atoms with Crippen molar-refractivity contribution >= 4 is 27.3 Å².